The van der Waals surface area contributed by atoms with E-state index in [4.69, 9.17) is 0 Å². The van der Waals surface area contributed by atoms with Gasteiger partial charge in [-0.05, 0) is 37.9 Å². The second-order valence-corrected chi connectivity index (χ2v) is 7.06. The van der Waals surface area contributed by atoms with Gasteiger partial charge in [0, 0.05) is 26.8 Å². The summed E-state index contributed by atoms with van der Waals surface area (Å²) in [6.07, 6.45) is 3.40. The van der Waals surface area contributed by atoms with E-state index in [-0.39, 0.29) is 10.8 Å². The fraction of sp³-hybridized carbons (Fsp3) is 0.615. The maximum absolute atomic E-state index is 12.3. The summed E-state index contributed by atoms with van der Waals surface area (Å²) in [5.74, 6) is 0.0560. The molecule has 0 atom stereocenters. The predicted octanol–water partition coefficient (Wildman–Crippen LogP) is -0.337. The quantitative estimate of drug-likeness (QED) is 0.693. The fourth-order valence-corrected chi connectivity index (χ4v) is 3.62. The average Bonchev–Trinajstić information content (AvgIpc) is 2.88. The second kappa shape index (κ2) is 6.59. The molecule has 118 valence electrons. The van der Waals surface area contributed by atoms with Crippen molar-refractivity contribution in [2.75, 3.05) is 26.7 Å². The Bertz CT molecular complexity index is 603. The molecule has 7 nitrogen and oxygen atoms in total. The van der Waals surface area contributed by atoms with Gasteiger partial charge in [-0.1, -0.05) is 0 Å². The number of carbonyl (C=O) groups excluding carboxylic acids is 1. The zero-order valence-corrected chi connectivity index (χ0v) is 13.2. The van der Waals surface area contributed by atoms with Gasteiger partial charge >= 0.3 is 0 Å². The Balaban J connectivity index is 2.06. The van der Waals surface area contributed by atoms with E-state index in [1.165, 1.54) is 23.9 Å². The van der Waals surface area contributed by atoms with E-state index < -0.39 is 10.0 Å². The number of nitrogens with zero attached hydrogens (tertiary/aromatic N) is 1. The van der Waals surface area contributed by atoms with Crippen molar-refractivity contribution in [3.8, 4) is 0 Å². The number of hydrogen-bond donors (Lipinski definition) is 3. The highest BCUT2D eigenvalue weighted by molar-refractivity contribution is 7.89. The molecule has 0 unspecified atom stereocenters. The minimum Gasteiger partial charge on any atom is -0.354 e. The zero-order valence-electron chi connectivity index (χ0n) is 12.3. The molecule has 1 aromatic heterocycles. The minimum atomic E-state index is -3.57. The third kappa shape index (κ3) is 3.84. The second-order valence-electron chi connectivity index (χ2n) is 5.30. The molecule has 0 bridgehead atoms. The molecule has 1 amide bonds. The first kappa shape index (κ1) is 16.0. The van der Waals surface area contributed by atoms with Gasteiger partial charge in [0.15, 0.2) is 0 Å². The van der Waals surface area contributed by atoms with Crippen LogP contribution in [0.4, 0.5) is 0 Å². The fourth-order valence-electron chi connectivity index (χ4n) is 2.43. The summed E-state index contributed by atoms with van der Waals surface area (Å²) in [5.41, 5.74) is 0.319. The van der Waals surface area contributed by atoms with Crippen LogP contribution < -0.4 is 15.4 Å². The van der Waals surface area contributed by atoms with E-state index in [1.807, 2.05) is 0 Å². The Hall–Kier alpha value is -1.38. The summed E-state index contributed by atoms with van der Waals surface area (Å²) in [6.45, 7) is 2.30. The summed E-state index contributed by atoms with van der Waals surface area (Å²) >= 11 is 0. The molecule has 1 aliphatic heterocycles. The van der Waals surface area contributed by atoms with E-state index in [0.29, 0.717) is 18.2 Å². The SMILES string of the molecule is CNC(=O)c1cc(S(=O)(=O)NCC2CCNCC2)cn1C. The molecule has 0 radical (unpaired) electrons. The maximum atomic E-state index is 12.3. The number of carbonyl (C=O) groups is 1. The lowest BCUT2D eigenvalue weighted by Crippen LogP contribution is -2.35. The molecule has 1 fully saturated rings. The summed E-state index contributed by atoms with van der Waals surface area (Å²) in [5, 5.41) is 5.74. The molecule has 0 spiro atoms. The lowest BCUT2D eigenvalue weighted by molar-refractivity contribution is 0.0955. The first-order valence-electron chi connectivity index (χ1n) is 7.03. The Labute approximate surface area is 125 Å². The van der Waals surface area contributed by atoms with Crippen molar-refractivity contribution >= 4 is 15.9 Å². The van der Waals surface area contributed by atoms with E-state index in [0.717, 1.165) is 25.9 Å². The highest BCUT2D eigenvalue weighted by Crippen LogP contribution is 2.15. The first-order chi connectivity index (χ1) is 9.94. The molecule has 1 saturated heterocycles. The lowest BCUT2D eigenvalue weighted by atomic mass is 9.99. The zero-order chi connectivity index (χ0) is 15.5. The van der Waals surface area contributed by atoms with Crippen molar-refractivity contribution < 1.29 is 13.2 Å². The standard InChI is InChI=1S/C13H22N4O3S/c1-14-13(18)12-7-11(9-17(12)2)21(19,20)16-8-10-3-5-15-6-4-10/h7,9-10,15-16H,3-6,8H2,1-2H3,(H,14,18). The highest BCUT2D eigenvalue weighted by atomic mass is 32.2. The number of amides is 1. The van der Waals surface area contributed by atoms with Crippen LogP contribution in [0.25, 0.3) is 0 Å². The summed E-state index contributed by atoms with van der Waals surface area (Å²) in [6, 6.07) is 1.39. The number of nitrogens with one attached hydrogen (secondary N) is 3. The number of piperidine rings is 1. The summed E-state index contributed by atoms with van der Waals surface area (Å²) < 4.78 is 28.7. The minimum absolute atomic E-state index is 0.123. The third-order valence-electron chi connectivity index (χ3n) is 3.77. The van der Waals surface area contributed by atoms with Gasteiger partial charge in [-0.3, -0.25) is 4.79 Å². The number of hydrogen-bond acceptors (Lipinski definition) is 4. The predicted molar refractivity (Wildman–Crippen MR) is 79.6 cm³/mol. The summed E-state index contributed by atoms with van der Waals surface area (Å²) in [7, 11) is -0.412. The molecule has 0 aromatic carbocycles. The van der Waals surface area contributed by atoms with Gasteiger partial charge in [-0.25, -0.2) is 13.1 Å². The summed E-state index contributed by atoms with van der Waals surface area (Å²) in [4.78, 5) is 11.7. The normalized spacial score (nSPS) is 16.9. The van der Waals surface area contributed by atoms with E-state index in [2.05, 4.69) is 15.4 Å². The first-order valence-corrected chi connectivity index (χ1v) is 8.51. The van der Waals surface area contributed by atoms with E-state index in [1.54, 1.807) is 7.05 Å². The van der Waals surface area contributed by atoms with Crippen molar-refractivity contribution in [1.82, 2.24) is 19.9 Å². The number of aromatic nitrogens is 1. The van der Waals surface area contributed by atoms with Crippen LogP contribution in [0.3, 0.4) is 0 Å². The Morgan fingerprint density at radius 2 is 2.10 bits per heavy atom. The highest BCUT2D eigenvalue weighted by Gasteiger charge is 2.22. The Kier molecular flexibility index (Phi) is 5.02. The van der Waals surface area contributed by atoms with Crippen LogP contribution in [0.1, 0.15) is 23.3 Å². The van der Waals surface area contributed by atoms with Gasteiger partial charge in [-0.15, -0.1) is 0 Å². The van der Waals surface area contributed by atoms with Crippen molar-refractivity contribution in [3.05, 3.63) is 18.0 Å². The molecule has 2 heterocycles. The monoisotopic (exact) mass is 314 g/mol. The van der Waals surface area contributed by atoms with Gasteiger partial charge in [0.05, 0.1) is 0 Å². The van der Waals surface area contributed by atoms with Crippen LogP contribution in [-0.2, 0) is 17.1 Å². The van der Waals surface area contributed by atoms with Gasteiger partial charge in [0.25, 0.3) is 5.91 Å². The molecule has 1 aliphatic rings. The van der Waals surface area contributed by atoms with Crippen LogP contribution in [0, 0.1) is 5.92 Å². The van der Waals surface area contributed by atoms with E-state index in [9.17, 15) is 13.2 Å². The third-order valence-corrected chi connectivity index (χ3v) is 5.16. The molecular weight excluding hydrogens is 292 g/mol. The largest absolute Gasteiger partial charge is 0.354 e. The molecule has 2 rings (SSSR count). The van der Waals surface area contributed by atoms with Crippen molar-refractivity contribution in [1.29, 1.82) is 0 Å². The molecule has 3 N–H and O–H groups in total. The molecular formula is C13H22N4O3S. The lowest BCUT2D eigenvalue weighted by Gasteiger charge is -2.22. The smallest absolute Gasteiger partial charge is 0.267 e. The average molecular weight is 314 g/mol. The van der Waals surface area contributed by atoms with Gasteiger partial charge in [0.1, 0.15) is 10.6 Å². The van der Waals surface area contributed by atoms with Crippen molar-refractivity contribution in [2.24, 2.45) is 13.0 Å². The number of rotatable bonds is 5. The van der Waals surface area contributed by atoms with Crippen LogP contribution >= 0.6 is 0 Å². The van der Waals surface area contributed by atoms with Gasteiger partial charge < -0.3 is 15.2 Å². The number of aryl methyl sites for hydroxylation is 1. The van der Waals surface area contributed by atoms with Crippen LogP contribution in [0.15, 0.2) is 17.2 Å². The van der Waals surface area contributed by atoms with Gasteiger partial charge in [-0.2, -0.15) is 0 Å². The molecule has 8 heteroatoms. The maximum Gasteiger partial charge on any atom is 0.267 e. The topological polar surface area (TPSA) is 92.2 Å². The Morgan fingerprint density at radius 3 is 2.71 bits per heavy atom. The van der Waals surface area contributed by atoms with Crippen LogP contribution in [-0.4, -0.2) is 45.6 Å². The molecule has 21 heavy (non-hydrogen) atoms. The number of sulfonamides is 1. The molecule has 0 saturated carbocycles. The van der Waals surface area contributed by atoms with Crippen molar-refractivity contribution in [2.45, 2.75) is 17.7 Å². The van der Waals surface area contributed by atoms with Gasteiger partial charge in [0.2, 0.25) is 10.0 Å². The molecule has 0 aliphatic carbocycles. The van der Waals surface area contributed by atoms with E-state index >= 15 is 0 Å². The molecule has 1 aromatic rings. The van der Waals surface area contributed by atoms with Crippen LogP contribution in [0.5, 0.6) is 0 Å². The van der Waals surface area contributed by atoms with Crippen LogP contribution in [0.2, 0.25) is 0 Å². The van der Waals surface area contributed by atoms with Crippen molar-refractivity contribution in [3.63, 3.8) is 0 Å². The Morgan fingerprint density at radius 1 is 1.43 bits per heavy atom.